The molecular weight excluding hydrogens is 326 g/mol. The van der Waals surface area contributed by atoms with Crippen molar-refractivity contribution in [2.45, 2.75) is 25.7 Å². The monoisotopic (exact) mass is 355 g/mol. The largest absolute Gasteiger partial charge is 0.469 e. The zero-order chi connectivity index (χ0) is 18.0. The van der Waals surface area contributed by atoms with E-state index in [9.17, 15) is 4.79 Å². The number of rotatable bonds is 9. The minimum absolute atomic E-state index is 0.109. The summed E-state index contributed by atoms with van der Waals surface area (Å²) in [7, 11) is 0. The molecule has 5 nitrogen and oxygen atoms in total. The van der Waals surface area contributed by atoms with Crippen LogP contribution in [0.3, 0.4) is 0 Å². The lowest BCUT2D eigenvalue weighted by Crippen LogP contribution is -2.46. The molecule has 1 aliphatic heterocycles. The van der Waals surface area contributed by atoms with E-state index >= 15 is 0 Å². The van der Waals surface area contributed by atoms with E-state index in [2.05, 4.69) is 45.4 Å². The predicted octanol–water partition coefficient (Wildman–Crippen LogP) is 2.93. The van der Waals surface area contributed by atoms with Gasteiger partial charge in [0.05, 0.1) is 6.26 Å². The van der Waals surface area contributed by atoms with E-state index in [4.69, 9.17) is 4.42 Å². The Morgan fingerprint density at radius 2 is 1.81 bits per heavy atom. The molecule has 1 saturated heterocycles. The summed E-state index contributed by atoms with van der Waals surface area (Å²) in [4.78, 5) is 16.8. The van der Waals surface area contributed by atoms with Crippen LogP contribution in [-0.4, -0.2) is 50.1 Å². The minimum Gasteiger partial charge on any atom is -0.469 e. The maximum Gasteiger partial charge on any atom is 0.220 e. The number of amides is 1. The first kappa shape index (κ1) is 18.5. The summed E-state index contributed by atoms with van der Waals surface area (Å²) in [6, 6.07) is 14.4. The van der Waals surface area contributed by atoms with Gasteiger partial charge in [-0.1, -0.05) is 18.2 Å². The van der Waals surface area contributed by atoms with Crippen molar-refractivity contribution in [3.05, 3.63) is 54.5 Å². The highest BCUT2D eigenvalue weighted by Gasteiger charge is 2.16. The molecule has 2 aromatic rings. The normalized spacial score (nSPS) is 15.2. The van der Waals surface area contributed by atoms with Crippen molar-refractivity contribution in [2.75, 3.05) is 44.2 Å². The van der Waals surface area contributed by atoms with Crippen molar-refractivity contribution in [3.63, 3.8) is 0 Å². The van der Waals surface area contributed by atoms with Gasteiger partial charge in [-0.05, 0) is 43.7 Å². The Hall–Kier alpha value is -2.27. The molecule has 0 aliphatic carbocycles. The molecule has 0 spiro atoms. The SMILES string of the molecule is O=C(CCc1ccco1)NCCCCN1CCN(c2ccccc2)CC1. The van der Waals surface area contributed by atoms with E-state index in [-0.39, 0.29) is 5.91 Å². The van der Waals surface area contributed by atoms with Gasteiger partial charge in [0, 0.05) is 51.3 Å². The number of nitrogens with zero attached hydrogens (tertiary/aromatic N) is 2. The Balaban J connectivity index is 1.22. The number of furan rings is 1. The van der Waals surface area contributed by atoms with Gasteiger partial charge in [0.25, 0.3) is 0 Å². The number of para-hydroxylation sites is 1. The van der Waals surface area contributed by atoms with Crippen LogP contribution in [0.2, 0.25) is 0 Å². The number of hydrogen-bond acceptors (Lipinski definition) is 4. The van der Waals surface area contributed by atoms with Gasteiger partial charge >= 0.3 is 0 Å². The summed E-state index contributed by atoms with van der Waals surface area (Å²) in [6.07, 6.45) is 4.97. The molecule has 1 aromatic heterocycles. The molecule has 1 aliphatic rings. The lowest BCUT2D eigenvalue weighted by molar-refractivity contribution is -0.121. The third kappa shape index (κ3) is 5.92. The molecule has 0 radical (unpaired) electrons. The number of carbonyl (C=O) groups excluding carboxylic acids is 1. The van der Waals surface area contributed by atoms with Gasteiger partial charge in [-0.3, -0.25) is 9.69 Å². The van der Waals surface area contributed by atoms with Crippen LogP contribution in [-0.2, 0) is 11.2 Å². The molecule has 5 heteroatoms. The maximum atomic E-state index is 11.8. The van der Waals surface area contributed by atoms with E-state index in [0.717, 1.165) is 57.9 Å². The third-order valence-corrected chi connectivity index (χ3v) is 4.90. The number of nitrogens with one attached hydrogen (secondary N) is 1. The number of hydrogen-bond donors (Lipinski definition) is 1. The van der Waals surface area contributed by atoms with Crippen molar-refractivity contribution >= 4 is 11.6 Å². The van der Waals surface area contributed by atoms with Crippen molar-refractivity contribution < 1.29 is 9.21 Å². The van der Waals surface area contributed by atoms with Crippen LogP contribution in [0.15, 0.2) is 53.1 Å². The lowest BCUT2D eigenvalue weighted by Gasteiger charge is -2.36. The smallest absolute Gasteiger partial charge is 0.220 e. The van der Waals surface area contributed by atoms with Crippen LogP contribution >= 0.6 is 0 Å². The number of anilines is 1. The fourth-order valence-electron chi connectivity index (χ4n) is 3.34. The van der Waals surface area contributed by atoms with Crippen LogP contribution in [0.5, 0.6) is 0 Å². The number of piperazine rings is 1. The second kappa shape index (κ2) is 10.0. The van der Waals surface area contributed by atoms with Gasteiger partial charge in [0.2, 0.25) is 5.91 Å². The number of carbonyl (C=O) groups is 1. The predicted molar refractivity (Wildman–Crippen MR) is 104 cm³/mol. The fraction of sp³-hybridized carbons (Fsp3) is 0.476. The highest BCUT2D eigenvalue weighted by molar-refractivity contribution is 5.76. The van der Waals surface area contributed by atoms with Crippen molar-refractivity contribution in [1.82, 2.24) is 10.2 Å². The second-order valence-corrected chi connectivity index (χ2v) is 6.80. The lowest BCUT2D eigenvalue weighted by atomic mass is 10.2. The summed E-state index contributed by atoms with van der Waals surface area (Å²) in [5.74, 6) is 0.979. The summed E-state index contributed by atoms with van der Waals surface area (Å²) < 4.78 is 5.24. The van der Waals surface area contributed by atoms with E-state index in [1.165, 1.54) is 5.69 Å². The average Bonchev–Trinajstić information content (AvgIpc) is 3.21. The number of unbranched alkanes of at least 4 members (excludes halogenated alkanes) is 1. The Morgan fingerprint density at radius 3 is 2.54 bits per heavy atom. The topological polar surface area (TPSA) is 48.7 Å². The summed E-state index contributed by atoms with van der Waals surface area (Å²) in [6.45, 7) is 6.29. The first-order chi connectivity index (χ1) is 12.8. The zero-order valence-corrected chi connectivity index (χ0v) is 15.4. The van der Waals surface area contributed by atoms with Gasteiger partial charge in [-0.15, -0.1) is 0 Å². The summed E-state index contributed by atoms with van der Waals surface area (Å²) >= 11 is 0. The summed E-state index contributed by atoms with van der Waals surface area (Å²) in [5, 5.41) is 3.00. The molecule has 0 unspecified atom stereocenters. The molecule has 0 atom stereocenters. The Morgan fingerprint density at radius 1 is 1.00 bits per heavy atom. The molecular formula is C21H29N3O2. The standard InChI is InChI=1S/C21H29N3O2/c25-21(11-10-20-9-6-18-26-20)22-12-4-5-13-23-14-16-24(17-15-23)19-7-2-1-3-8-19/h1-3,6-9,18H,4-5,10-17H2,(H,22,25). The molecule has 2 heterocycles. The Labute approximate surface area is 156 Å². The van der Waals surface area contributed by atoms with Crippen LogP contribution in [0.25, 0.3) is 0 Å². The van der Waals surface area contributed by atoms with Crippen molar-refractivity contribution in [2.24, 2.45) is 0 Å². The van der Waals surface area contributed by atoms with Crippen molar-refractivity contribution in [3.8, 4) is 0 Å². The second-order valence-electron chi connectivity index (χ2n) is 6.80. The van der Waals surface area contributed by atoms with E-state index in [1.807, 2.05) is 12.1 Å². The van der Waals surface area contributed by atoms with Gasteiger partial charge in [0.1, 0.15) is 5.76 Å². The quantitative estimate of drug-likeness (QED) is 0.703. The van der Waals surface area contributed by atoms with E-state index in [0.29, 0.717) is 12.8 Å². The van der Waals surface area contributed by atoms with E-state index in [1.54, 1.807) is 6.26 Å². The molecule has 1 N–H and O–H groups in total. The van der Waals surface area contributed by atoms with Gasteiger partial charge in [0.15, 0.2) is 0 Å². The molecule has 140 valence electrons. The maximum absolute atomic E-state index is 11.8. The van der Waals surface area contributed by atoms with Gasteiger partial charge in [-0.2, -0.15) is 0 Å². The summed E-state index contributed by atoms with van der Waals surface area (Å²) in [5.41, 5.74) is 1.32. The molecule has 0 bridgehead atoms. The Kier molecular flexibility index (Phi) is 7.14. The fourth-order valence-corrected chi connectivity index (χ4v) is 3.34. The van der Waals surface area contributed by atoms with Crippen LogP contribution in [0.1, 0.15) is 25.0 Å². The highest BCUT2D eigenvalue weighted by atomic mass is 16.3. The number of benzene rings is 1. The molecule has 1 fully saturated rings. The van der Waals surface area contributed by atoms with E-state index < -0.39 is 0 Å². The van der Waals surface area contributed by atoms with Crippen LogP contribution in [0, 0.1) is 0 Å². The molecule has 1 aromatic carbocycles. The van der Waals surface area contributed by atoms with Crippen LogP contribution < -0.4 is 10.2 Å². The van der Waals surface area contributed by atoms with Crippen molar-refractivity contribution in [1.29, 1.82) is 0 Å². The minimum atomic E-state index is 0.109. The number of aryl methyl sites for hydroxylation is 1. The molecule has 0 saturated carbocycles. The molecule has 1 amide bonds. The first-order valence-corrected chi connectivity index (χ1v) is 9.63. The van der Waals surface area contributed by atoms with Gasteiger partial charge in [-0.25, -0.2) is 0 Å². The third-order valence-electron chi connectivity index (χ3n) is 4.90. The van der Waals surface area contributed by atoms with Crippen LogP contribution in [0.4, 0.5) is 5.69 Å². The van der Waals surface area contributed by atoms with Gasteiger partial charge < -0.3 is 14.6 Å². The first-order valence-electron chi connectivity index (χ1n) is 9.63. The zero-order valence-electron chi connectivity index (χ0n) is 15.4. The molecule has 3 rings (SSSR count). The average molecular weight is 355 g/mol. The Bertz CT molecular complexity index is 635. The highest BCUT2D eigenvalue weighted by Crippen LogP contribution is 2.15. The molecule has 26 heavy (non-hydrogen) atoms.